The number of carbonyl (C=O) groups excluding carboxylic acids is 1. The lowest BCUT2D eigenvalue weighted by Gasteiger charge is -2.33. The van der Waals surface area contributed by atoms with Crippen molar-refractivity contribution in [3.8, 4) is 0 Å². The second-order valence-electron chi connectivity index (χ2n) is 7.86. The number of nitrogens with zero attached hydrogens (tertiary/aromatic N) is 3. The van der Waals surface area contributed by atoms with Crippen molar-refractivity contribution >= 4 is 22.9 Å². The molecule has 0 saturated carbocycles. The molecule has 4 rings (SSSR count). The first-order chi connectivity index (χ1) is 14.3. The van der Waals surface area contributed by atoms with Gasteiger partial charge in [-0.2, -0.15) is 0 Å². The molecule has 1 saturated heterocycles. The highest BCUT2D eigenvalue weighted by Crippen LogP contribution is 2.27. The number of benzene rings is 2. The van der Waals surface area contributed by atoms with Gasteiger partial charge in [0, 0.05) is 26.2 Å². The third-order valence-corrected chi connectivity index (χ3v) is 5.71. The number of hydrogen-bond acceptors (Lipinski definition) is 3. The molecule has 5 nitrogen and oxygen atoms in total. The molecule has 2 heterocycles. The van der Waals surface area contributed by atoms with Gasteiger partial charge in [-0.1, -0.05) is 49.4 Å². The van der Waals surface area contributed by atoms with E-state index in [4.69, 9.17) is 4.98 Å². The first-order valence-electron chi connectivity index (χ1n) is 10.8. The smallest absolute Gasteiger partial charge is 0.224 e. The highest BCUT2D eigenvalue weighted by Gasteiger charge is 2.28. The third kappa shape index (κ3) is 4.44. The summed E-state index contributed by atoms with van der Waals surface area (Å²) in [5, 5.41) is 3.15. The number of aryl methyl sites for hydroxylation is 1. The van der Waals surface area contributed by atoms with Crippen molar-refractivity contribution in [1.29, 1.82) is 0 Å². The minimum absolute atomic E-state index is 0.0226. The normalized spacial score (nSPS) is 16.9. The van der Waals surface area contributed by atoms with Gasteiger partial charge in [-0.3, -0.25) is 4.79 Å². The monoisotopic (exact) mass is 390 g/mol. The van der Waals surface area contributed by atoms with Gasteiger partial charge < -0.3 is 14.8 Å². The third-order valence-electron chi connectivity index (χ3n) is 5.71. The predicted molar refractivity (Wildman–Crippen MR) is 118 cm³/mol. The van der Waals surface area contributed by atoms with E-state index in [0.29, 0.717) is 6.54 Å². The average Bonchev–Trinajstić information content (AvgIpc) is 3.13. The van der Waals surface area contributed by atoms with Crippen LogP contribution in [0.25, 0.3) is 11.0 Å². The summed E-state index contributed by atoms with van der Waals surface area (Å²) in [6.45, 7) is 5.52. The second-order valence-corrected chi connectivity index (χ2v) is 7.86. The molecule has 0 unspecified atom stereocenters. The Morgan fingerprint density at radius 2 is 1.93 bits per heavy atom. The molecule has 5 heteroatoms. The van der Waals surface area contributed by atoms with Crippen LogP contribution in [0.5, 0.6) is 0 Å². The molecule has 1 atom stereocenters. The molecule has 152 valence electrons. The number of anilines is 1. The number of para-hydroxylation sites is 2. The number of hydrogen-bond donors (Lipinski definition) is 1. The minimum Gasteiger partial charge on any atom is -0.355 e. The van der Waals surface area contributed by atoms with Crippen molar-refractivity contribution in [2.75, 3.05) is 24.5 Å². The molecule has 29 heavy (non-hydrogen) atoms. The molecule has 1 aliphatic heterocycles. The van der Waals surface area contributed by atoms with E-state index in [-0.39, 0.29) is 11.8 Å². The standard InChI is InChI=1S/C24H30N4O/c1-2-16-28-22-13-7-6-12-21(22)26-24(28)27-17-8-11-20(18-27)23(29)25-15-14-19-9-4-3-5-10-19/h3-7,9-10,12-13,20H,2,8,11,14-18H2,1H3,(H,25,29)/t20-/m0/s1. The van der Waals surface area contributed by atoms with Crippen LogP contribution < -0.4 is 10.2 Å². The van der Waals surface area contributed by atoms with Gasteiger partial charge in [0.05, 0.1) is 17.0 Å². The summed E-state index contributed by atoms with van der Waals surface area (Å²) in [6, 6.07) is 18.6. The highest BCUT2D eigenvalue weighted by molar-refractivity contribution is 5.81. The molecule has 0 aliphatic carbocycles. The number of nitrogens with one attached hydrogen (secondary N) is 1. The van der Waals surface area contributed by atoms with E-state index in [9.17, 15) is 4.79 Å². The Hall–Kier alpha value is -2.82. The van der Waals surface area contributed by atoms with E-state index in [1.54, 1.807) is 0 Å². The number of aromatic nitrogens is 2. The van der Waals surface area contributed by atoms with Crippen LogP contribution in [0.3, 0.4) is 0 Å². The van der Waals surface area contributed by atoms with E-state index >= 15 is 0 Å². The molecule has 1 aliphatic rings. The quantitative estimate of drug-likeness (QED) is 0.663. The largest absolute Gasteiger partial charge is 0.355 e. The van der Waals surface area contributed by atoms with Crippen molar-refractivity contribution < 1.29 is 4.79 Å². The number of amides is 1. The lowest BCUT2D eigenvalue weighted by Crippen LogP contribution is -2.44. The highest BCUT2D eigenvalue weighted by atomic mass is 16.1. The van der Waals surface area contributed by atoms with E-state index in [1.165, 1.54) is 11.1 Å². The van der Waals surface area contributed by atoms with Crippen LogP contribution in [0.15, 0.2) is 54.6 Å². The van der Waals surface area contributed by atoms with Crippen LogP contribution in [0.1, 0.15) is 31.7 Å². The Balaban J connectivity index is 1.42. The molecule has 1 aromatic heterocycles. The molecule has 2 aromatic carbocycles. The maximum atomic E-state index is 12.8. The maximum Gasteiger partial charge on any atom is 0.224 e. The van der Waals surface area contributed by atoms with Gasteiger partial charge in [-0.15, -0.1) is 0 Å². The lowest BCUT2D eigenvalue weighted by atomic mass is 9.97. The Bertz CT molecular complexity index is 950. The summed E-state index contributed by atoms with van der Waals surface area (Å²) in [5.74, 6) is 1.20. The fourth-order valence-electron chi connectivity index (χ4n) is 4.24. The molecule has 1 amide bonds. The molecule has 0 radical (unpaired) electrons. The van der Waals surface area contributed by atoms with Gasteiger partial charge in [0.1, 0.15) is 0 Å². The fourth-order valence-corrected chi connectivity index (χ4v) is 4.24. The SMILES string of the molecule is CCCn1c(N2CCC[C@H](C(=O)NCCc3ccccc3)C2)nc2ccccc21. The Morgan fingerprint density at radius 3 is 2.76 bits per heavy atom. The minimum atomic E-state index is 0.0226. The number of piperidine rings is 1. The summed E-state index contributed by atoms with van der Waals surface area (Å²) >= 11 is 0. The van der Waals surface area contributed by atoms with Gasteiger partial charge in [0.15, 0.2) is 0 Å². The second kappa shape index (κ2) is 9.12. The van der Waals surface area contributed by atoms with Gasteiger partial charge in [-0.05, 0) is 43.4 Å². The van der Waals surface area contributed by atoms with Crippen molar-refractivity contribution in [1.82, 2.24) is 14.9 Å². The summed E-state index contributed by atoms with van der Waals surface area (Å²) in [6.07, 6.45) is 3.90. The Morgan fingerprint density at radius 1 is 1.14 bits per heavy atom. The van der Waals surface area contributed by atoms with E-state index in [1.807, 2.05) is 24.3 Å². The molecular formula is C24H30N4O. The van der Waals surface area contributed by atoms with Crippen LogP contribution >= 0.6 is 0 Å². The topological polar surface area (TPSA) is 50.2 Å². The number of imidazole rings is 1. The van der Waals surface area contributed by atoms with Gasteiger partial charge >= 0.3 is 0 Å². The van der Waals surface area contributed by atoms with Crippen LogP contribution in [0.4, 0.5) is 5.95 Å². The van der Waals surface area contributed by atoms with Crippen LogP contribution in [0.2, 0.25) is 0 Å². The molecule has 1 fully saturated rings. The van der Waals surface area contributed by atoms with Gasteiger partial charge in [-0.25, -0.2) is 4.98 Å². The van der Waals surface area contributed by atoms with E-state index in [2.05, 4.69) is 52.0 Å². The van der Waals surface area contributed by atoms with Crippen LogP contribution in [-0.2, 0) is 17.8 Å². The first-order valence-corrected chi connectivity index (χ1v) is 10.8. The van der Waals surface area contributed by atoms with Crippen molar-refractivity contribution in [2.24, 2.45) is 5.92 Å². The van der Waals surface area contributed by atoms with Crippen molar-refractivity contribution in [3.63, 3.8) is 0 Å². The number of carbonyl (C=O) groups is 1. The summed E-state index contributed by atoms with van der Waals surface area (Å²) in [7, 11) is 0. The van der Waals surface area contributed by atoms with Crippen molar-refractivity contribution in [2.45, 2.75) is 39.2 Å². The Kier molecular flexibility index (Phi) is 6.13. The maximum absolute atomic E-state index is 12.8. The molecule has 0 bridgehead atoms. The summed E-state index contributed by atoms with van der Waals surface area (Å²) in [4.78, 5) is 20.0. The predicted octanol–water partition coefficient (Wildman–Crippen LogP) is 4.02. The average molecular weight is 391 g/mol. The zero-order valence-corrected chi connectivity index (χ0v) is 17.2. The zero-order valence-electron chi connectivity index (χ0n) is 17.2. The van der Waals surface area contributed by atoms with Gasteiger partial charge in [0.25, 0.3) is 0 Å². The molecule has 1 N–H and O–H groups in total. The zero-order chi connectivity index (χ0) is 20.1. The summed E-state index contributed by atoms with van der Waals surface area (Å²) in [5.41, 5.74) is 3.47. The molecular weight excluding hydrogens is 360 g/mol. The molecule has 0 spiro atoms. The number of rotatable bonds is 7. The van der Waals surface area contributed by atoms with Gasteiger partial charge in [0.2, 0.25) is 11.9 Å². The van der Waals surface area contributed by atoms with Crippen molar-refractivity contribution in [3.05, 3.63) is 60.2 Å². The number of fused-ring (bicyclic) bond motifs is 1. The lowest BCUT2D eigenvalue weighted by molar-refractivity contribution is -0.125. The van der Waals surface area contributed by atoms with Crippen LogP contribution in [-0.4, -0.2) is 35.1 Å². The fraction of sp³-hybridized carbons (Fsp3) is 0.417. The molecule has 3 aromatic rings. The Labute approximate surface area is 172 Å². The van der Waals surface area contributed by atoms with E-state index < -0.39 is 0 Å². The summed E-state index contributed by atoms with van der Waals surface area (Å²) < 4.78 is 2.31. The van der Waals surface area contributed by atoms with Crippen LogP contribution in [0, 0.1) is 5.92 Å². The van der Waals surface area contributed by atoms with E-state index in [0.717, 1.165) is 56.8 Å². The first kappa shape index (κ1) is 19.5.